The van der Waals surface area contributed by atoms with Crippen molar-refractivity contribution in [2.45, 2.75) is 38.9 Å². The van der Waals surface area contributed by atoms with E-state index in [4.69, 9.17) is 15.2 Å². The Morgan fingerprint density at radius 2 is 1.89 bits per heavy atom. The molecule has 0 amide bonds. The van der Waals surface area contributed by atoms with Crippen LogP contribution in [0.3, 0.4) is 0 Å². The van der Waals surface area contributed by atoms with Gasteiger partial charge in [0, 0.05) is 11.1 Å². The number of alkyl halides is 1. The van der Waals surface area contributed by atoms with Crippen LogP contribution in [0.2, 0.25) is 0 Å². The lowest BCUT2D eigenvalue weighted by atomic mass is 9.94. The number of hydrogen-bond acceptors (Lipinski definition) is 3. The van der Waals surface area contributed by atoms with Crippen molar-refractivity contribution in [3.8, 4) is 11.5 Å². The van der Waals surface area contributed by atoms with Crippen molar-refractivity contribution >= 4 is 0 Å². The molecule has 0 saturated heterocycles. The maximum Gasteiger partial charge on any atom is 0.166 e. The fraction of sp³-hybridized carbons (Fsp3) is 0.571. The van der Waals surface area contributed by atoms with Crippen molar-refractivity contribution in [1.29, 1.82) is 0 Å². The number of halogens is 1. The molecular formula is C14H22FNO2. The molecule has 0 aliphatic carbocycles. The first-order chi connectivity index (χ1) is 8.28. The Hall–Kier alpha value is -1.29. The van der Waals surface area contributed by atoms with Gasteiger partial charge in [0.1, 0.15) is 6.17 Å². The molecule has 0 bridgehead atoms. The average molecular weight is 255 g/mol. The molecular weight excluding hydrogens is 233 g/mol. The minimum Gasteiger partial charge on any atom is -0.493 e. The Labute approximate surface area is 108 Å². The van der Waals surface area contributed by atoms with Gasteiger partial charge in [-0.1, -0.05) is 0 Å². The predicted molar refractivity (Wildman–Crippen MR) is 71.0 cm³/mol. The lowest BCUT2D eigenvalue weighted by Gasteiger charge is -2.21. The third-order valence-corrected chi connectivity index (χ3v) is 2.66. The van der Waals surface area contributed by atoms with Crippen molar-refractivity contribution in [2.75, 3.05) is 14.2 Å². The third kappa shape index (κ3) is 3.60. The largest absolute Gasteiger partial charge is 0.493 e. The van der Waals surface area contributed by atoms with Crippen LogP contribution in [-0.4, -0.2) is 19.8 Å². The molecule has 1 rings (SSSR count). The maximum absolute atomic E-state index is 13.6. The minimum absolute atomic E-state index is 0.351. The van der Waals surface area contributed by atoms with Gasteiger partial charge in [-0.05, 0) is 44.9 Å². The first-order valence-corrected chi connectivity index (χ1v) is 5.96. The van der Waals surface area contributed by atoms with E-state index in [1.54, 1.807) is 13.2 Å². The zero-order valence-electron chi connectivity index (χ0n) is 11.7. The number of hydrogen-bond donors (Lipinski definition) is 1. The van der Waals surface area contributed by atoms with Crippen LogP contribution in [0.5, 0.6) is 11.5 Å². The highest BCUT2D eigenvalue weighted by Gasteiger charge is 2.19. The van der Waals surface area contributed by atoms with Crippen LogP contribution in [0.1, 0.15) is 38.1 Å². The second kappa shape index (κ2) is 5.57. The summed E-state index contributed by atoms with van der Waals surface area (Å²) in [4.78, 5) is 0. The predicted octanol–water partition coefficient (Wildman–Crippen LogP) is 3.01. The fourth-order valence-electron chi connectivity index (χ4n) is 1.98. The first kappa shape index (κ1) is 14.8. The Morgan fingerprint density at radius 3 is 2.28 bits per heavy atom. The standard InChI is InChI=1S/C14H22FNO2/c1-9(15)11-6-10(8-14(2,3)16)7-12(17-4)13(11)18-5/h6-7,9H,8,16H2,1-5H3. The summed E-state index contributed by atoms with van der Waals surface area (Å²) in [5.74, 6) is 0.991. The van der Waals surface area contributed by atoms with Crippen LogP contribution < -0.4 is 15.2 Å². The third-order valence-electron chi connectivity index (χ3n) is 2.66. The van der Waals surface area contributed by atoms with E-state index in [0.717, 1.165) is 5.56 Å². The zero-order chi connectivity index (χ0) is 13.9. The summed E-state index contributed by atoms with van der Waals surface area (Å²) in [5, 5.41) is 0. The normalized spacial score (nSPS) is 13.3. The lowest BCUT2D eigenvalue weighted by molar-refractivity contribution is 0.323. The van der Waals surface area contributed by atoms with Gasteiger partial charge in [-0.2, -0.15) is 0 Å². The highest BCUT2D eigenvalue weighted by molar-refractivity contribution is 5.50. The second-order valence-electron chi connectivity index (χ2n) is 5.20. The van der Waals surface area contributed by atoms with E-state index in [9.17, 15) is 4.39 Å². The summed E-state index contributed by atoms with van der Waals surface area (Å²) in [5.41, 5.74) is 7.08. The topological polar surface area (TPSA) is 44.5 Å². The molecule has 3 nitrogen and oxygen atoms in total. The molecule has 0 aliphatic heterocycles. The van der Waals surface area contributed by atoms with Crippen LogP contribution in [0, 0.1) is 0 Å². The average Bonchev–Trinajstić information content (AvgIpc) is 2.25. The maximum atomic E-state index is 13.6. The van der Waals surface area contributed by atoms with Crippen molar-refractivity contribution in [3.63, 3.8) is 0 Å². The highest BCUT2D eigenvalue weighted by atomic mass is 19.1. The van der Waals surface area contributed by atoms with Gasteiger partial charge in [-0.3, -0.25) is 0 Å². The van der Waals surface area contributed by atoms with E-state index < -0.39 is 6.17 Å². The number of methoxy groups -OCH3 is 2. The molecule has 4 heteroatoms. The van der Waals surface area contributed by atoms with Crippen molar-refractivity contribution in [2.24, 2.45) is 5.73 Å². The Bertz CT molecular complexity index is 411. The summed E-state index contributed by atoms with van der Waals surface area (Å²) in [6.07, 6.45) is -0.470. The van der Waals surface area contributed by atoms with Crippen molar-refractivity contribution in [1.82, 2.24) is 0 Å². The van der Waals surface area contributed by atoms with E-state index in [-0.39, 0.29) is 5.54 Å². The van der Waals surface area contributed by atoms with E-state index in [2.05, 4.69) is 0 Å². The van der Waals surface area contributed by atoms with Gasteiger partial charge < -0.3 is 15.2 Å². The highest BCUT2D eigenvalue weighted by Crippen LogP contribution is 2.38. The molecule has 0 aromatic heterocycles. The van der Waals surface area contributed by atoms with Crippen LogP contribution in [0.25, 0.3) is 0 Å². The Kier molecular flexibility index (Phi) is 4.57. The van der Waals surface area contributed by atoms with Gasteiger partial charge >= 0.3 is 0 Å². The van der Waals surface area contributed by atoms with Gasteiger partial charge in [0.2, 0.25) is 0 Å². The number of ether oxygens (including phenoxy) is 2. The SMILES string of the molecule is COc1cc(CC(C)(C)N)cc(C(C)F)c1OC. The Balaban J connectivity index is 3.27. The molecule has 2 N–H and O–H groups in total. The van der Waals surface area contributed by atoms with E-state index in [0.29, 0.717) is 23.5 Å². The summed E-state index contributed by atoms with van der Waals surface area (Å²) in [6, 6.07) is 3.64. The van der Waals surface area contributed by atoms with Crippen molar-refractivity contribution in [3.05, 3.63) is 23.3 Å². The lowest BCUT2D eigenvalue weighted by Crippen LogP contribution is -2.34. The van der Waals surface area contributed by atoms with Crippen LogP contribution in [-0.2, 0) is 6.42 Å². The summed E-state index contributed by atoms with van der Waals surface area (Å²) < 4.78 is 24.1. The first-order valence-electron chi connectivity index (χ1n) is 5.96. The number of benzene rings is 1. The molecule has 1 unspecified atom stereocenters. The van der Waals surface area contributed by atoms with E-state index >= 15 is 0 Å². The van der Waals surface area contributed by atoms with Gasteiger partial charge in [0.15, 0.2) is 11.5 Å². The summed E-state index contributed by atoms with van der Waals surface area (Å²) in [7, 11) is 3.05. The van der Waals surface area contributed by atoms with Gasteiger partial charge in [-0.25, -0.2) is 4.39 Å². The molecule has 0 spiro atoms. The van der Waals surface area contributed by atoms with E-state index in [1.165, 1.54) is 14.0 Å². The summed E-state index contributed by atoms with van der Waals surface area (Å²) >= 11 is 0. The molecule has 1 atom stereocenters. The molecule has 0 fully saturated rings. The molecule has 102 valence electrons. The van der Waals surface area contributed by atoms with Gasteiger partial charge in [0.25, 0.3) is 0 Å². The monoisotopic (exact) mass is 255 g/mol. The second-order valence-corrected chi connectivity index (χ2v) is 5.20. The van der Waals surface area contributed by atoms with Crippen LogP contribution in [0.4, 0.5) is 4.39 Å². The van der Waals surface area contributed by atoms with E-state index in [1.807, 2.05) is 19.9 Å². The zero-order valence-corrected chi connectivity index (χ0v) is 11.7. The van der Waals surface area contributed by atoms with Crippen LogP contribution >= 0.6 is 0 Å². The van der Waals surface area contributed by atoms with Gasteiger partial charge in [-0.15, -0.1) is 0 Å². The van der Waals surface area contributed by atoms with Crippen molar-refractivity contribution < 1.29 is 13.9 Å². The smallest absolute Gasteiger partial charge is 0.166 e. The number of rotatable bonds is 5. The molecule has 1 aromatic rings. The number of nitrogens with two attached hydrogens (primary N) is 1. The van der Waals surface area contributed by atoms with Crippen LogP contribution in [0.15, 0.2) is 12.1 Å². The molecule has 0 aliphatic rings. The quantitative estimate of drug-likeness (QED) is 0.879. The molecule has 0 heterocycles. The Morgan fingerprint density at radius 1 is 1.28 bits per heavy atom. The molecule has 1 aromatic carbocycles. The minimum atomic E-state index is -1.12. The molecule has 18 heavy (non-hydrogen) atoms. The fourth-order valence-corrected chi connectivity index (χ4v) is 1.98. The molecule has 0 saturated carbocycles. The molecule has 0 radical (unpaired) electrons. The van der Waals surface area contributed by atoms with Gasteiger partial charge in [0.05, 0.1) is 14.2 Å². The summed E-state index contributed by atoms with van der Waals surface area (Å²) in [6.45, 7) is 5.35.